The first-order valence-electron chi connectivity index (χ1n) is 10.3. The SMILES string of the molecule is CCNC(=NCCN1CCN(Cc2ccccc2)CC1)NC1CCS(=O)(=O)C1.I. The molecule has 2 N–H and O–H groups in total. The molecule has 9 heteroatoms. The summed E-state index contributed by atoms with van der Waals surface area (Å²) in [4.78, 5) is 9.60. The molecule has 1 aromatic carbocycles. The van der Waals surface area contributed by atoms with E-state index in [9.17, 15) is 8.42 Å². The van der Waals surface area contributed by atoms with Crippen LogP contribution in [-0.2, 0) is 16.4 Å². The number of aliphatic imine (C=N–C) groups is 1. The Balaban J connectivity index is 0.00000300. The van der Waals surface area contributed by atoms with Gasteiger partial charge in [0.2, 0.25) is 0 Å². The fraction of sp³-hybridized carbons (Fsp3) is 0.650. The zero-order valence-corrected chi connectivity index (χ0v) is 20.4. The van der Waals surface area contributed by atoms with Gasteiger partial charge in [-0.05, 0) is 18.9 Å². The van der Waals surface area contributed by atoms with Gasteiger partial charge >= 0.3 is 0 Å². The fourth-order valence-electron chi connectivity index (χ4n) is 3.74. The van der Waals surface area contributed by atoms with Crippen LogP contribution in [0.15, 0.2) is 35.3 Å². The number of nitrogens with zero attached hydrogens (tertiary/aromatic N) is 3. The van der Waals surface area contributed by atoms with Crippen molar-refractivity contribution in [1.29, 1.82) is 0 Å². The second-order valence-corrected chi connectivity index (χ2v) is 9.84. The van der Waals surface area contributed by atoms with E-state index in [1.165, 1.54) is 5.56 Å². The van der Waals surface area contributed by atoms with Crippen LogP contribution in [0.25, 0.3) is 0 Å². The van der Waals surface area contributed by atoms with Gasteiger partial charge in [0.1, 0.15) is 0 Å². The van der Waals surface area contributed by atoms with Gasteiger partial charge in [0.05, 0.1) is 18.1 Å². The van der Waals surface area contributed by atoms with Gasteiger partial charge in [-0.15, -0.1) is 24.0 Å². The van der Waals surface area contributed by atoms with Crippen LogP contribution in [0.2, 0.25) is 0 Å². The van der Waals surface area contributed by atoms with E-state index in [0.717, 1.165) is 51.8 Å². The minimum absolute atomic E-state index is 0. The maximum Gasteiger partial charge on any atom is 0.191 e. The number of hydrogen-bond donors (Lipinski definition) is 2. The van der Waals surface area contributed by atoms with Crippen molar-refractivity contribution in [3.8, 4) is 0 Å². The van der Waals surface area contributed by atoms with Gasteiger partial charge in [-0.3, -0.25) is 14.8 Å². The van der Waals surface area contributed by atoms with Crippen molar-refractivity contribution in [3.05, 3.63) is 35.9 Å². The van der Waals surface area contributed by atoms with E-state index < -0.39 is 9.84 Å². The van der Waals surface area contributed by atoms with Crippen LogP contribution in [0.1, 0.15) is 18.9 Å². The van der Waals surface area contributed by atoms with Crippen molar-refractivity contribution in [3.63, 3.8) is 0 Å². The highest BCUT2D eigenvalue weighted by Crippen LogP contribution is 2.11. The number of benzene rings is 1. The Morgan fingerprint density at radius 2 is 1.83 bits per heavy atom. The van der Waals surface area contributed by atoms with E-state index in [1.54, 1.807) is 0 Å². The van der Waals surface area contributed by atoms with Gasteiger partial charge in [0.25, 0.3) is 0 Å². The maximum atomic E-state index is 11.6. The standard InChI is InChI=1S/C20H33N5O2S.HI/c1-2-21-20(23-19-8-15-28(26,27)17-19)22-9-10-24-11-13-25(14-12-24)16-18-6-4-3-5-7-18;/h3-7,19H,2,8-17H2,1H3,(H2,21,22,23);1H. The zero-order chi connectivity index (χ0) is 19.8. The number of halogens is 1. The smallest absolute Gasteiger partial charge is 0.191 e. The van der Waals surface area contributed by atoms with Gasteiger partial charge in [-0.1, -0.05) is 30.3 Å². The second-order valence-electron chi connectivity index (χ2n) is 7.61. The van der Waals surface area contributed by atoms with E-state index >= 15 is 0 Å². The Morgan fingerprint density at radius 3 is 2.45 bits per heavy atom. The molecule has 2 fully saturated rings. The summed E-state index contributed by atoms with van der Waals surface area (Å²) < 4.78 is 23.3. The lowest BCUT2D eigenvalue weighted by Crippen LogP contribution is -2.47. The van der Waals surface area contributed by atoms with Crippen LogP contribution in [-0.4, -0.2) is 87.5 Å². The monoisotopic (exact) mass is 535 g/mol. The van der Waals surface area contributed by atoms with Gasteiger partial charge in [0.15, 0.2) is 15.8 Å². The summed E-state index contributed by atoms with van der Waals surface area (Å²) >= 11 is 0. The third kappa shape index (κ3) is 8.39. The lowest BCUT2D eigenvalue weighted by molar-refractivity contribution is 0.130. The van der Waals surface area contributed by atoms with E-state index in [1.807, 2.05) is 6.92 Å². The summed E-state index contributed by atoms with van der Waals surface area (Å²) in [6, 6.07) is 10.6. The number of nitrogens with one attached hydrogen (secondary N) is 2. The summed E-state index contributed by atoms with van der Waals surface area (Å²) in [5.41, 5.74) is 1.37. The lowest BCUT2D eigenvalue weighted by atomic mass is 10.2. The van der Waals surface area contributed by atoms with Crippen molar-refractivity contribution in [1.82, 2.24) is 20.4 Å². The zero-order valence-electron chi connectivity index (χ0n) is 17.2. The molecule has 0 amide bonds. The Morgan fingerprint density at radius 1 is 1.14 bits per heavy atom. The molecule has 0 bridgehead atoms. The maximum absolute atomic E-state index is 11.6. The molecule has 0 aliphatic carbocycles. The predicted octanol–water partition coefficient (Wildman–Crippen LogP) is 1.16. The fourth-order valence-corrected chi connectivity index (χ4v) is 5.41. The summed E-state index contributed by atoms with van der Waals surface area (Å²) in [5.74, 6) is 1.21. The van der Waals surface area contributed by atoms with E-state index in [0.29, 0.717) is 13.0 Å². The average molecular weight is 535 g/mol. The van der Waals surface area contributed by atoms with Gasteiger partial charge in [-0.2, -0.15) is 0 Å². The van der Waals surface area contributed by atoms with Crippen LogP contribution in [0.5, 0.6) is 0 Å². The molecule has 2 saturated heterocycles. The Hall–Kier alpha value is -0.910. The molecular weight excluding hydrogens is 501 g/mol. The molecule has 0 aromatic heterocycles. The van der Waals surface area contributed by atoms with Crippen molar-refractivity contribution in [2.45, 2.75) is 25.9 Å². The largest absolute Gasteiger partial charge is 0.357 e. The van der Waals surface area contributed by atoms with Gasteiger partial charge < -0.3 is 10.6 Å². The first-order chi connectivity index (χ1) is 13.5. The molecule has 164 valence electrons. The Labute approximate surface area is 192 Å². The molecule has 7 nitrogen and oxygen atoms in total. The Bertz CT molecular complexity index is 736. The van der Waals surface area contributed by atoms with Crippen molar-refractivity contribution < 1.29 is 8.42 Å². The molecular formula is C20H34IN5O2S. The number of piperazine rings is 1. The van der Waals surface area contributed by atoms with Crippen LogP contribution in [0.3, 0.4) is 0 Å². The van der Waals surface area contributed by atoms with Crippen molar-refractivity contribution in [2.24, 2.45) is 4.99 Å². The molecule has 0 spiro atoms. The molecule has 2 heterocycles. The number of rotatable bonds is 7. The van der Waals surface area contributed by atoms with Crippen LogP contribution >= 0.6 is 24.0 Å². The number of sulfone groups is 1. The molecule has 3 rings (SSSR count). The highest BCUT2D eigenvalue weighted by atomic mass is 127. The molecule has 0 saturated carbocycles. The molecule has 2 aliphatic heterocycles. The highest BCUT2D eigenvalue weighted by Gasteiger charge is 2.28. The van der Waals surface area contributed by atoms with Crippen LogP contribution < -0.4 is 10.6 Å². The summed E-state index contributed by atoms with van der Waals surface area (Å²) in [5, 5.41) is 6.50. The van der Waals surface area contributed by atoms with Crippen LogP contribution in [0.4, 0.5) is 0 Å². The molecule has 29 heavy (non-hydrogen) atoms. The summed E-state index contributed by atoms with van der Waals surface area (Å²) in [6.45, 7) is 9.74. The lowest BCUT2D eigenvalue weighted by Gasteiger charge is -2.34. The molecule has 1 atom stereocenters. The predicted molar refractivity (Wildman–Crippen MR) is 130 cm³/mol. The molecule has 2 aliphatic rings. The normalized spacial score (nSPS) is 22.8. The topological polar surface area (TPSA) is 77.0 Å². The first kappa shape index (κ1) is 24.4. The molecule has 1 unspecified atom stereocenters. The molecule has 1 aromatic rings. The quantitative estimate of drug-likeness (QED) is 0.310. The number of hydrogen-bond acceptors (Lipinski definition) is 5. The van der Waals surface area contributed by atoms with Gasteiger partial charge in [0, 0.05) is 51.9 Å². The van der Waals surface area contributed by atoms with E-state index in [2.05, 4.69) is 55.8 Å². The highest BCUT2D eigenvalue weighted by molar-refractivity contribution is 14.0. The van der Waals surface area contributed by atoms with Crippen molar-refractivity contribution >= 4 is 39.8 Å². The van der Waals surface area contributed by atoms with E-state index in [4.69, 9.17) is 0 Å². The third-order valence-electron chi connectivity index (χ3n) is 5.32. The summed E-state index contributed by atoms with van der Waals surface area (Å²) in [6.07, 6.45) is 0.663. The molecule has 0 radical (unpaired) electrons. The Kier molecular flexibility index (Phi) is 10.1. The first-order valence-corrected chi connectivity index (χ1v) is 12.1. The second kappa shape index (κ2) is 12.1. The van der Waals surface area contributed by atoms with Gasteiger partial charge in [-0.25, -0.2) is 8.42 Å². The number of guanidine groups is 1. The van der Waals surface area contributed by atoms with Crippen LogP contribution in [0, 0.1) is 0 Å². The summed E-state index contributed by atoms with van der Waals surface area (Å²) in [7, 11) is -2.88. The minimum atomic E-state index is -2.88. The third-order valence-corrected chi connectivity index (χ3v) is 7.09. The van der Waals surface area contributed by atoms with Crippen molar-refractivity contribution in [2.75, 3.05) is 57.3 Å². The van der Waals surface area contributed by atoms with E-state index in [-0.39, 0.29) is 41.5 Å². The average Bonchev–Trinajstić information content (AvgIpc) is 3.02. The minimum Gasteiger partial charge on any atom is -0.357 e.